The largest absolute Gasteiger partial charge is 0.465 e. The van der Waals surface area contributed by atoms with E-state index in [1.54, 1.807) is 23.4 Å². The SMILES string of the molecule is CC(C)(C)N(C(=O)O)C1[C@@H]2C[C@H]1CN(c1cnc3nc(Sc4ccnc(N)c4Cl)ccc3n1)C2. The Morgan fingerprint density at radius 3 is 2.62 bits per heavy atom. The van der Waals surface area contributed by atoms with Gasteiger partial charge < -0.3 is 15.7 Å². The first kappa shape index (κ1) is 22.9. The van der Waals surface area contributed by atoms with E-state index in [1.165, 1.54) is 11.8 Å². The summed E-state index contributed by atoms with van der Waals surface area (Å²) in [6.07, 6.45) is 3.56. The summed E-state index contributed by atoms with van der Waals surface area (Å²) in [4.78, 5) is 34.5. The molecule has 1 saturated carbocycles. The molecule has 0 spiro atoms. The molecule has 9 nitrogen and oxygen atoms in total. The van der Waals surface area contributed by atoms with Gasteiger partial charge in [-0.2, -0.15) is 0 Å². The maximum atomic E-state index is 12.0. The van der Waals surface area contributed by atoms with Crippen LogP contribution in [-0.2, 0) is 0 Å². The maximum absolute atomic E-state index is 12.0. The maximum Gasteiger partial charge on any atom is 0.408 e. The number of nitrogen functional groups attached to an aromatic ring is 1. The zero-order chi connectivity index (χ0) is 24.2. The van der Waals surface area contributed by atoms with Gasteiger partial charge in [0.15, 0.2) is 5.65 Å². The van der Waals surface area contributed by atoms with Crippen LogP contribution in [0.4, 0.5) is 16.4 Å². The summed E-state index contributed by atoms with van der Waals surface area (Å²) >= 11 is 7.64. The predicted molar refractivity (Wildman–Crippen MR) is 132 cm³/mol. The van der Waals surface area contributed by atoms with Crippen molar-refractivity contribution in [2.45, 2.75) is 48.7 Å². The first-order valence-electron chi connectivity index (χ1n) is 11.1. The van der Waals surface area contributed by atoms with Crippen LogP contribution in [-0.4, -0.2) is 60.7 Å². The van der Waals surface area contributed by atoms with Gasteiger partial charge >= 0.3 is 6.09 Å². The molecule has 11 heteroatoms. The lowest BCUT2D eigenvalue weighted by Gasteiger charge is -2.59. The van der Waals surface area contributed by atoms with Crippen molar-refractivity contribution in [2.75, 3.05) is 23.7 Å². The molecule has 3 aromatic rings. The lowest BCUT2D eigenvalue weighted by molar-refractivity contribution is -0.0449. The van der Waals surface area contributed by atoms with E-state index in [4.69, 9.17) is 22.3 Å². The highest BCUT2D eigenvalue weighted by atomic mass is 35.5. The van der Waals surface area contributed by atoms with E-state index < -0.39 is 11.6 Å². The molecule has 178 valence electrons. The summed E-state index contributed by atoms with van der Waals surface area (Å²) in [6, 6.07) is 5.64. The van der Waals surface area contributed by atoms with E-state index in [0.29, 0.717) is 28.0 Å². The number of nitrogens with two attached hydrogens (primary N) is 1. The Morgan fingerprint density at radius 2 is 1.94 bits per heavy atom. The quantitative estimate of drug-likeness (QED) is 0.537. The highest BCUT2D eigenvalue weighted by Gasteiger charge is 2.53. The molecule has 3 aromatic heterocycles. The number of nitrogens with zero attached hydrogens (tertiary/aromatic N) is 6. The number of carboxylic acid groups (broad SMARTS) is 1. The summed E-state index contributed by atoms with van der Waals surface area (Å²) in [6.45, 7) is 7.41. The number of anilines is 2. The lowest BCUT2D eigenvalue weighted by Crippen LogP contribution is -2.68. The van der Waals surface area contributed by atoms with Crippen molar-refractivity contribution >= 4 is 52.3 Å². The molecular weight excluding hydrogens is 474 g/mol. The number of pyridine rings is 2. The average molecular weight is 500 g/mol. The Hall–Kier alpha value is -2.85. The number of fused-ring (bicyclic) bond motifs is 3. The van der Waals surface area contributed by atoms with E-state index in [1.807, 2.05) is 32.9 Å². The van der Waals surface area contributed by atoms with Gasteiger partial charge in [-0.1, -0.05) is 23.4 Å². The zero-order valence-corrected chi connectivity index (χ0v) is 20.7. The van der Waals surface area contributed by atoms with Crippen molar-refractivity contribution in [3.05, 3.63) is 35.6 Å². The molecule has 5 heterocycles. The van der Waals surface area contributed by atoms with Gasteiger partial charge in [-0.15, -0.1) is 0 Å². The molecule has 2 bridgehead atoms. The van der Waals surface area contributed by atoms with Crippen LogP contribution in [0.2, 0.25) is 5.02 Å². The molecule has 34 heavy (non-hydrogen) atoms. The molecule has 1 aliphatic carbocycles. The summed E-state index contributed by atoms with van der Waals surface area (Å²) in [5.41, 5.74) is 6.63. The fourth-order valence-corrected chi connectivity index (χ4v) is 6.10. The first-order valence-corrected chi connectivity index (χ1v) is 12.3. The minimum Gasteiger partial charge on any atom is -0.465 e. The Labute approximate surface area is 206 Å². The highest BCUT2D eigenvalue weighted by molar-refractivity contribution is 7.99. The van der Waals surface area contributed by atoms with Gasteiger partial charge in [0.05, 0.1) is 11.2 Å². The van der Waals surface area contributed by atoms with Crippen molar-refractivity contribution in [1.82, 2.24) is 24.8 Å². The number of hydrogen-bond acceptors (Lipinski definition) is 8. The molecule has 1 amide bonds. The summed E-state index contributed by atoms with van der Waals surface area (Å²) < 4.78 is 0. The second kappa shape index (κ2) is 8.42. The number of aromatic nitrogens is 4. The standard InChI is InChI=1S/C23H26ClN7O2S/c1-23(2,3)31(22(32)33)19-12-8-13(19)11-30(10-12)16-9-27-21-14(28-16)4-5-17(29-21)34-15-6-7-26-20(25)18(15)24/h4-7,9,12-13,19H,8,10-11H2,1-3H3,(H2,25,26)(H,32,33)/t12-,13+,19?. The fourth-order valence-electron chi connectivity index (χ4n) is 5.05. The molecule has 3 N–H and O–H groups in total. The number of carbonyl (C=O) groups is 1. The molecule has 3 aliphatic rings. The lowest BCUT2D eigenvalue weighted by atomic mass is 9.64. The monoisotopic (exact) mass is 499 g/mol. The molecule has 0 radical (unpaired) electrons. The summed E-state index contributed by atoms with van der Waals surface area (Å²) in [5.74, 6) is 1.67. The normalized spacial score (nSPS) is 21.9. The topological polar surface area (TPSA) is 121 Å². The van der Waals surface area contributed by atoms with Crippen molar-refractivity contribution < 1.29 is 9.90 Å². The average Bonchev–Trinajstić information content (AvgIpc) is 2.79. The highest BCUT2D eigenvalue weighted by Crippen LogP contribution is 2.46. The molecule has 3 fully saturated rings. The number of piperidine rings is 2. The Morgan fingerprint density at radius 1 is 1.21 bits per heavy atom. The van der Waals surface area contributed by atoms with Gasteiger partial charge in [0.2, 0.25) is 0 Å². The van der Waals surface area contributed by atoms with Crippen LogP contribution in [0.15, 0.2) is 40.5 Å². The Kier molecular flexibility index (Phi) is 5.68. The van der Waals surface area contributed by atoms with Crippen LogP contribution >= 0.6 is 23.4 Å². The minimum absolute atomic E-state index is 0.0532. The summed E-state index contributed by atoms with van der Waals surface area (Å²) in [7, 11) is 0. The molecule has 2 saturated heterocycles. The van der Waals surface area contributed by atoms with E-state index in [9.17, 15) is 9.90 Å². The van der Waals surface area contributed by atoms with Gasteiger partial charge in [-0.05, 0) is 57.2 Å². The molecule has 1 unspecified atom stereocenters. The molecule has 3 atom stereocenters. The van der Waals surface area contributed by atoms with E-state index in [2.05, 4.69) is 19.9 Å². The second-order valence-corrected chi connectivity index (χ2v) is 11.2. The number of hydrogen-bond donors (Lipinski definition) is 2. The predicted octanol–water partition coefficient (Wildman–Crippen LogP) is 4.41. The number of amides is 1. The van der Waals surface area contributed by atoms with Gasteiger partial charge in [-0.25, -0.2) is 24.7 Å². The van der Waals surface area contributed by atoms with Gasteiger partial charge in [0, 0.05) is 35.8 Å². The van der Waals surface area contributed by atoms with Crippen molar-refractivity contribution in [3.8, 4) is 0 Å². The van der Waals surface area contributed by atoms with Crippen LogP contribution < -0.4 is 10.6 Å². The Balaban J connectivity index is 1.33. The first-order chi connectivity index (χ1) is 16.1. The van der Waals surface area contributed by atoms with Crippen LogP contribution in [0, 0.1) is 11.8 Å². The molecular formula is C23H26ClN7O2S. The van der Waals surface area contributed by atoms with Gasteiger partial charge in [0.25, 0.3) is 0 Å². The third kappa shape index (κ3) is 4.09. The number of rotatable bonds is 4. The van der Waals surface area contributed by atoms with Crippen molar-refractivity contribution in [1.29, 1.82) is 0 Å². The van der Waals surface area contributed by atoms with E-state index >= 15 is 0 Å². The molecule has 6 rings (SSSR count). The second-order valence-electron chi connectivity index (χ2n) is 9.81. The summed E-state index contributed by atoms with van der Waals surface area (Å²) in [5, 5.41) is 11.0. The van der Waals surface area contributed by atoms with Crippen LogP contribution in [0.3, 0.4) is 0 Å². The fraction of sp³-hybridized carbons (Fsp3) is 0.435. The van der Waals surface area contributed by atoms with Crippen LogP contribution in [0.1, 0.15) is 27.2 Å². The van der Waals surface area contributed by atoms with Gasteiger partial charge in [0.1, 0.15) is 22.2 Å². The minimum atomic E-state index is -0.846. The van der Waals surface area contributed by atoms with Gasteiger partial charge in [-0.3, -0.25) is 4.90 Å². The smallest absolute Gasteiger partial charge is 0.408 e. The van der Waals surface area contributed by atoms with Crippen LogP contribution in [0.25, 0.3) is 11.2 Å². The van der Waals surface area contributed by atoms with Crippen molar-refractivity contribution in [3.63, 3.8) is 0 Å². The third-order valence-electron chi connectivity index (χ3n) is 6.49. The van der Waals surface area contributed by atoms with E-state index in [0.717, 1.165) is 35.2 Å². The van der Waals surface area contributed by atoms with E-state index in [-0.39, 0.29) is 11.9 Å². The Bertz CT molecular complexity index is 1260. The third-order valence-corrected chi connectivity index (χ3v) is 8.00. The molecule has 0 aromatic carbocycles. The molecule has 2 aliphatic heterocycles. The van der Waals surface area contributed by atoms with Crippen LogP contribution in [0.5, 0.6) is 0 Å². The number of halogens is 1. The zero-order valence-electron chi connectivity index (χ0n) is 19.1. The van der Waals surface area contributed by atoms with Crippen molar-refractivity contribution in [2.24, 2.45) is 11.8 Å².